The number of rotatable bonds is 4. The molecule has 0 aromatic rings. The summed E-state index contributed by atoms with van der Waals surface area (Å²) in [5.74, 6) is 0. The summed E-state index contributed by atoms with van der Waals surface area (Å²) in [4.78, 5) is 2.88. The van der Waals surface area contributed by atoms with E-state index in [-0.39, 0.29) is 0 Å². The fourth-order valence-electron chi connectivity index (χ4n) is 1.75. The maximum absolute atomic E-state index is 5.49. The van der Waals surface area contributed by atoms with Crippen molar-refractivity contribution >= 4 is 17.2 Å². The van der Waals surface area contributed by atoms with Crippen LogP contribution in [0.2, 0.25) is 0 Å². The van der Waals surface area contributed by atoms with Crippen LogP contribution in [0.25, 0.3) is 0 Å². The van der Waals surface area contributed by atoms with Gasteiger partial charge in [0.2, 0.25) is 0 Å². The number of nitrogens with two attached hydrogens (primary N) is 1. The van der Waals surface area contributed by atoms with E-state index in [1.807, 2.05) is 0 Å². The van der Waals surface area contributed by atoms with Crippen molar-refractivity contribution in [3.63, 3.8) is 0 Å². The van der Waals surface area contributed by atoms with E-state index >= 15 is 0 Å². The molecule has 0 radical (unpaired) electrons. The summed E-state index contributed by atoms with van der Waals surface area (Å²) in [6, 6.07) is 0.536. The van der Waals surface area contributed by atoms with Crippen LogP contribution in [0.1, 0.15) is 19.8 Å². The highest BCUT2D eigenvalue weighted by Crippen LogP contribution is 2.17. The Morgan fingerprint density at radius 2 is 2.38 bits per heavy atom. The third-order valence-electron chi connectivity index (χ3n) is 2.61. The number of hydrogen-bond donors (Lipinski definition) is 1. The lowest BCUT2D eigenvalue weighted by Crippen LogP contribution is -2.38. The molecule has 2 atom stereocenters. The summed E-state index contributed by atoms with van der Waals surface area (Å²) in [6.45, 7) is 3.94. The second-order valence-corrected chi connectivity index (χ2v) is 4.15. The third-order valence-corrected chi connectivity index (χ3v) is 2.82. The summed E-state index contributed by atoms with van der Waals surface area (Å²) in [5, 5.41) is 0. The molecular weight excluding hydrogens is 184 g/mol. The molecule has 1 rings (SSSR count). The van der Waals surface area contributed by atoms with E-state index in [1.54, 1.807) is 0 Å². The van der Waals surface area contributed by atoms with Gasteiger partial charge in [0, 0.05) is 25.6 Å². The van der Waals surface area contributed by atoms with Crippen molar-refractivity contribution in [3.05, 3.63) is 0 Å². The first-order valence-corrected chi connectivity index (χ1v) is 5.12. The molecule has 1 fully saturated rings. The van der Waals surface area contributed by atoms with Crippen LogP contribution in [0, 0.1) is 0 Å². The second-order valence-electron chi connectivity index (χ2n) is 3.63. The monoisotopic (exact) mass is 202 g/mol. The van der Waals surface area contributed by atoms with Crippen LogP contribution in [0.4, 0.5) is 0 Å². The molecule has 2 N–H and O–H groups in total. The Morgan fingerprint density at radius 3 is 2.85 bits per heavy atom. The number of hydrogen-bond acceptors (Lipinski definition) is 3. The Kier molecular flexibility index (Phi) is 4.09. The van der Waals surface area contributed by atoms with Crippen molar-refractivity contribution in [2.75, 3.05) is 20.2 Å². The van der Waals surface area contributed by atoms with Gasteiger partial charge in [-0.05, 0) is 20.4 Å². The topological polar surface area (TPSA) is 38.5 Å². The number of thiocarbonyl (C=S) groups is 1. The van der Waals surface area contributed by atoms with Crippen molar-refractivity contribution in [1.82, 2.24) is 4.90 Å². The Hall–Kier alpha value is -0.190. The quantitative estimate of drug-likeness (QED) is 0.684. The fraction of sp³-hybridized carbons (Fsp3) is 0.889. The largest absolute Gasteiger partial charge is 0.393 e. The Bertz CT molecular complexity index is 186. The van der Waals surface area contributed by atoms with Crippen molar-refractivity contribution in [2.45, 2.75) is 31.9 Å². The fourth-order valence-corrected chi connectivity index (χ4v) is 1.84. The predicted molar refractivity (Wildman–Crippen MR) is 57.9 cm³/mol. The van der Waals surface area contributed by atoms with Crippen molar-refractivity contribution < 1.29 is 4.74 Å². The molecule has 13 heavy (non-hydrogen) atoms. The van der Waals surface area contributed by atoms with Gasteiger partial charge in [0.1, 0.15) is 0 Å². The van der Waals surface area contributed by atoms with Crippen LogP contribution in [0.5, 0.6) is 0 Å². The minimum Gasteiger partial charge on any atom is -0.393 e. The molecule has 0 spiro atoms. The molecule has 2 unspecified atom stereocenters. The van der Waals surface area contributed by atoms with Gasteiger partial charge in [0.15, 0.2) is 0 Å². The molecule has 4 heteroatoms. The highest BCUT2D eigenvalue weighted by atomic mass is 32.1. The molecule has 0 amide bonds. The summed E-state index contributed by atoms with van der Waals surface area (Å²) >= 11 is 4.84. The predicted octanol–water partition coefficient (Wildman–Crippen LogP) is 0.772. The number of likely N-dealkylation sites (N-methyl/N-ethyl adjacent to an activating group) is 1. The molecule has 76 valence electrons. The molecule has 0 aromatic carbocycles. The van der Waals surface area contributed by atoms with Gasteiger partial charge in [-0.1, -0.05) is 12.2 Å². The van der Waals surface area contributed by atoms with Crippen molar-refractivity contribution in [2.24, 2.45) is 5.73 Å². The molecule has 1 heterocycles. The van der Waals surface area contributed by atoms with E-state index < -0.39 is 0 Å². The average Bonchev–Trinajstić information content (AvgIpc) is 2.47. The highest BCUT2D eigenvalue weighted by Gasteiger charge is 2.27. The maximum Gasteiger partial charge on any atom is 0.0740 e. The van der Waals surface area contributed by atoms with Gasteiger partial charge in [-0.3, -0.25) is 0 Å². The zero-order chi connectivity index (χ0) is 9.84. The first kappa shape index (κ1) is 10.9. The Morgan fingerprint density at radius 1 is 1.69 bits per heavy atom. The lowest BCUT2D eigenvalue weighted by Gasteiger charge is -2.26. The summed E-state index contributed by atoms with van der Waals surface area (Å²) in [7, 11) is 2.11. The minimum atomic E-state index is 0.344. The summed E-state index contributed by atoms with van der Waals surface area (Å²) < 4.78 is 5.49. The smallest absolute Gasteiger partial charge is 0.0740 e. The lowest BCUT2D eigenvalue weighted by atomic mass is 10.1. The number of ether oxygens (including phenoxy) is 1. The zero-order valence-corrected chi connectivity index (χ0v) is 9.14. The summed E-state index contributed by atoms with van der Waals surface area (Å²) in [5.41, 5.74) is 5.45. The zero-order valence-electron chi connectivity index (χ0n) is 8.32. The van der Waals surface area contributed by atoms with Crippen LogP contribution in [0.15, 0.2) is 0 Å². The summed E-state index contributed by atoms with van der Waals surface area (Å²) in [6.07, 6.45) is 2.26. The average molecular weight is 202 g/mol. The molecule has 0 bridgehead atoms. The molecule has 0 aliphatic carbocycles. The van der Waals surface area contributed by atoms with E-state index in [9.17, 15) is 0 Å². The van der Waals surface area contributed by atoms with Crippen LogP contribution in [0.3, 0.4) is 0 Å². The van der Waals surface area contributed by atoms with E-state index in [0.717, 1.165) is 26.0 Å². The van der Waals surface area contributed by atoms with Crippen molar-refractivity contribution in [3.8, 4) is 0 Å². The minimum absolute atomic E-state index is 0.344. The molecule has 0 aromatic heterocycles. The first-order valence-electron chi connectivity index (χ1n) is 4.71. The number of nitrogens with zero attached hydrogens (tertiary/aromatic N) is 1. The molecule has 0 saturated carbocycles. The third kappa shape index (κ3) is 3.21. The van der Waals surface area contributed by atoms with Gasteiger partial charge in [-0.2, -0.15) is 0 Å². The Labute approximate surface area is 85.2 Å². The van der Waals surface area contributed by atoms with Crippen LogP contribution < -0.4 is 5.73 Å². The van der Waals surface area contributed by atoms with Gasteiger partial charge >= 0.3 is 0 Å². The van der Waals surface area contributed by atoms with E-state index in [4.69, 9.17) is 22.7 Å². The molecule has 3 nitrogen and oxygen atoms in total. The van der Waals surface area contributed by atoms with Gasteiger partial charge in [0.05, 0.1) is 11.1 Å². The molecule has 1 saturated heterocycles. The van der Waals surface area contributed by atoms with Crippen molar-refractivity contribution in [1.29, 1.82) is 0 Å². The van der Waals surface area contributed by atoms with Gasteiger partial charge in [-0.25, -0.2) is 0 Å². The van der Waals surface area contributed by atoms with Gasteiger partial charge in [-0.15, -0.1) is 0 Å². The van der Waals surface area contributed by atoms with Gasteiger partial charge in [0.25, 0.3) is 0 Å². The van der Waals surface area contributed by atoms with E-state index in [2.05, 4.69) is 18.9 Å². The van der Waals surface area contributed by atoms with Crippen LogP contribution in [-0.4, -0.2) is 42.2 Å². The standard InChI is InChI=1S/C9H18N2OS/c1-7-8(4-6-12-7)11(2)5-3-9(10)13/h7-8H,3-6H2,1-2H3,(H2,10,13). The van der Waals surface area contributed by atoms with E-state index in [0.29, 0.717) is 17.1 Å². The highest BCUT2D eigenvalue weighted by molar-refractivity contribution is 7.80. The second kappa shape index (κ2) is 4.88. The maximum atomic E-state index is 5.49. The molecule has 1 aliphatic heterocycles. The SMILES string of the molecule is CC1OCCC1N(C)CCC(N)=S. The first-order chi connectivity index (χ1) is 6.11. The Balaban J connectivity index is 2.29. The molecule has 1 aliphatic rings. The normalized spacial score (nSPS) is 28.2. The molecular formula is C9H18N2OS. The van der Waals surface area contributed by atoms with Crippen LogP contribution in [-0.2, 0) is 4.74 Å². The lowest BCUT2D eigenvalue weighted by molar-refractivity contribution is 0.0846. The van der Waals surface area contributed by atoms with E-state index in [1.165, 1.54) is 0 Å². The van der Waals surface area contributed by atoms with Crippen LogP contribution >= 0.6 is 12.2 Å². The van der Waals surface area contributed by atoms with Gasteiger partial charge < -0.3 is 15.4 Å².